The average Bonchev–Trinajstić information content (AvgIpc) is 3.44. The van der Waals surface area contributed by atoms with Crippen LogP contribution in [0.4, 0.5) is 5.69 Å². The van der Waals surface area contributed by atoms with Crippen LogP contribution in [0.2, 0.25) is 0 Å². The first-order chi connectivity index (χ1) is 16.0. The van der Waals surface area contributed by atoms with Crippen molar-refractivity contribution in [3.8, 4) is 28.6 Å². The van der Waals surface area contributed by atoms with Crippen LogP contribution in [0.5, 0.6) is 17.4 Å². The van der Waals surface area contributed by atoms with Crippen molar-refractivity contribution in [2.45, 2.75) is 6.61 Å². The molecule has 0 aliphatic heterocycles. The van der Waals surface area contributed by atoms with Crippen molar-refractivity contribution in [3.05, 3.63) is 101 Å². The number of hydrogen-bond acceptors (Lipinski definition) is 6. The van der Waals surface area contributed by atoms with Crippen LogP contribution in [-0.2, 0) is 13.7 Å². The molecule has 0 N–H and O–H groups in total. The topological polar surface area (TPSA) is 96.7 Å². The number of hydrogen-bond donors (Lipinski definition) is 0. The molecule has 0 spiro atoms. The number of benzene rings is 2. The molecule has 3 heterocycles. The molecule has 0 unspecified atom stereocenters. The van der Waals surface area contributed by atoms with Gasteiger partial charge in [-0.15, -0.1) is 5.10 Å². The van der Waals surface area contributed by atoms with Crippen LogP contribution in [0.15, 0.2) is 85.5 Å². The molecular weight excluding hydrogens is 422 g/mol. The van der Waals surface area contributed by atoms with Crippen LogP contribution in [-0.4, -0.2) is 24.1 Å². The normalized spacial score (nSPS) is 10.9. The molecule has 0 saturated heterocycles. The number of ether oxygens (including phenoxy) is 2. The highest BCUT2D eigenvalue weighted by Gasteiger charge is 2.16. The number of nitro groups is 1. The standard InChI is InChI=1S/C24H19N5O4/c1-27-14-21(25-16-27)18-7-8-19-12-24(26-28(19)13-18)33-22-10-9-20(29(30)31)11-23(22)32-15-17-5-3-2-4-6-17/h2-14,16H,15H2,1H3. The average molecular weight is 441 g/mol. The number of imidazole rings is 1. The summed E-state index contributed by atoms with van der Waals surface area (Å²) >= 11 is 0. The van der Waals surface area contributed by atoms with Crippen LogP contribution in [0.1, 0.15) is 5.56 Å². The number of nitrogens with zero attached hydrogens (tertiary/aromatic N) is 5. The maximum atomic E-state index is 11.3. The third kappa shape index (κ3) is 4.38. The Hall–Kier alpha value is -4.66. The summed E-state index contributed by atoms with van der Waals surface area (Å²) in [5.74, 6) is 0.941. The second kappa shape index (κ2) is 8.46. The SMILES string of the molecule is Cn1cnc(-c2ccc3cc(Oc4ccc([N+](=O)[O-])cc4OCc4ccccc4)nn3c2)c1. The molecule has 0 atom stereocenters. The largest absolute Gasteiger partial charge is 0.485 e. The third-order valence-electron chi connectivity index (χ3n) is 5.03. The zero-order valence-corrected chi connectivity index (χ0v) is 17.7. The highest BCUT2D eigenvalue weighted by atomic mass is 16.6. The summed E-state index contributed by atoms with van der Waals surface area (Å²) in [6, 6.07) is 19.5. The maximum Gasteiger partial charge on any atom is 0.273 e. The summed E-state index contributed by atoms with van der Waals surface area (Å²) < 4.78 is 15.4. The van der Waals surface area contributed by atoms with Crippen LogP contribution < -0.4 is 9.47 Å². The third-order valence-corrected chi connectivity index (χ3v) is 5.03. The van der Waals surface area contributed by atoms with Gasteiger partial charge in [0, 0.05) is 37.1 Å². The first-order valence-electron chi connectivity index (χ1n) is 10.2. The zero-order valence-electron chi connectivity index (χ0n) is 17.7. The number of rotatable bonds is 7. The van der Waals surface area contributed by atoms with Crippen molar-refractivity contribution in [1.82, 2.24) is 19.2 Å². The Morgan fingerprint density at radius 2 is 1.85 bits per heavy atom. The Bertz CT molecular complexity index is 1440. The van der Waals surface area contributed by atoms with Gasteiger partial charge < -0.3 is 14.0 Å². The first kappa shape index (κ1) is 20.3. The minimum atomic E-state index is -0.469. The van der Waals surface area contributed by atoms with E-state index < -0.39 is 4.92 Å². The van der Waals surface area contributed by atoms with Gasteiger partial charge in [-0.25, -0.2) is 9.50 Å². The van der Waals surface area contributed by atoms with Crippen LogP contribution in [0, 0.1) is 10.1 Å². The van der Waals surface area contributed by atoms with E-state index in [2.05, 4.69) is 10.1 Å². The Morgan fingerprint density at radius 1 is 1.00 bits per heavy atom. The molecule has 0 radical (unpaired) electrons. The van der Waals surface area contributed by atoms with E-state index in [0.717, 1.165) is 22.3 Å². The molecule has 0 amide bonds. The van der Waals surface area contributed by atoms with Gasteiger partial charge in [-0.1, -0.05) is 30.3 Å². The lowest BCUT2D eigenvalue weighted by molar-refractivity contribution is -0.385. The van der Waals surface area contributed by atoms with Crippen LogP contribution in [0.3, 0.4) is 0 Å². The molecule has 0 bridgehead atoms. The van der Waals surface area contributed by atoms with E-state index in [-0.39, 0.29) is 18.0 Å². The van der Waals surface area contributed by atoms with E-state index in [4.69, 9.17) is 9.47 Å². The fourth-order valence-corrected chi connectivity index (χ4v) is 3.38. The molecule has 9 heteroatoms. The van der Waals surface area contributed by atoms with E-state index in [1.54, 1.807) is 16.9 Å². The summed E-state index contributed by atoms with van der Waals surface area (Å²) in [4.78, 5) is 15.1. The second-order valence-corrected chi connectivity index (χ2v) is 7.46. The number of non-ortho nitro benzene ring substituents is 1. The van der Waals surface area contributed by atoms with Gasteiger partial charge in [-0.2, -0.15) is 0 Å². The van der Waals surface area contributed by atoms with E-state index in [0.29, 0.717) is 11.6 Å². The number of pyridine rings is 1. The number of fused-ring (bicyclic) bond motifs is 1. The molecule has 2 aromatic carbocycles. The van der Waals surface area contributed by atoms with Gasteiger partial charge in [0.25, 0.3) is 5.69 Å². The van der Waals surface area contributed by atoms with Gasteiger partial charge in [0.2, 0.25) is 5.88 Å². The predicted molar refractivity (Wildman–Crippen MR) is 121 cm³/mol. The number of aryl methyl sites for hydroxylation is 1. The summed E-state index contributed by atoms with van der Waals surface area (Å²) in [7, 11) is 1.91. The van der Waals surface area contributed by atoms with E-state index in [1.165, 1.54) is 18.2 Å². The smallest absolute Gasteiger partial charge is 0.273 e. The molecule has 9 nitrogen and oxygen atoms in total. The lowest BCUT2D eigenvalue weighted by atomic mass is 10.2. The Kier molecular flexibility index (Phi) is 5.19. The second-order valence-electron chi connectivity index (χ2n) is 7.46. The van der Waals surface area contributed by atoms with Crippen molar-refractivity contribution >= 4 is 11.2 Å². The minimum Gasteiger partial charge on any atom is -0.485 e. The summed E-state index contributed by atoms with van der Waals surface area (Å²) in [6.07, 6.45) is 5.53. The van der Waals surface area contributed by atoms with Crippen LogP contribution >= 0.6 is 0 Å². The van der Waals surface area contributed by atoms with E-state index in [9.17, 15) is 10.1 Å². The van der Waals surface area contributed by atoms with Crippen molar-refractivity contribution in [2.75, 3.05) is 0 Å². The first-order valence-corrected chi connectivity index (χ1v) is 10.2. The number of aromatic nitrogens is 4. The molecular formula is C24H19N5O4. The quantitative estimate of drug-likeness (QED) is 0.260. The molecule has 0 fully saturated rings. The van der Waals surface area contributed by atoms with Gasteiger partial charge in [-0.3, -0.25) is 10.1 Å². The predicted octanol–water partition coefficient (Wildman–Crippen LogP) is 5.01. The minimum absolute atomic E-state index is 0.0829. The van der Waals surface area contributed by atoms with Crippen molar-refractivity contribution in [1.29, 1.82) is 0 Å². The Labute approximate surface area is 188 Å². The lowest BCUT2D eigenvalue weighted by Crippen LogP contribution is -1.99. The molecule has 5 aromatic rings. The van der Waals surface area contributed by atoms with Gasteiger partial charge in [-0.05, 0) is 23.8 Å². The highest BCUT2D eigenvalue weighted by Crippen LogP contribution is 2.35. The molecule has 164 valence electrons. The fourth-order valence-electron chi connectivity index (χ4n) is 3.38. The maximum absolute atomic E-state index is 11.3. The molecule has 5 rings (SSSR count). The molecule has 0 aliphatic rings. The van der Waals surface area contributed by atoms with E-state index >= 15 is 0 Å². The molecule has 3 aromatic heterocycles. The highest BCUT2D eigenvalue weighted by molar-refractivity contribution is 5.62. The zero-order chi connectivity index (χ0) is 22.8. The van der Waals surface area contributed by atoms with Gasteiger partial charge in [0.1, 0.15) is 6.61 Å². The fraction of sp³-hybridized carbons (Fsp3) is 0.0833. The summed E-state index contributed by atoms with van der Waals surface area (Å²) in [6.45, 7) is 0.247. The van der Waals surface area contributed by atoms with Crippen molar-refractivity contribution in [2.24, 2.45) is 7.05 Å². The molecule has 0 saturated carbocycles. The number of nitro benzene ring substituents is 1. The Morgan fingerprint density at radius 3 is 2.61 bits per heavy atom. The van der Waals surface area contributed by atoms with Crippen molar-refractivity contribution < 1.29 is 14.4 Å². The van der Waals surface area contributed by atoms with Gasteiger partial charge in [0.05, 0.1) is 28.5 Å². The summed E-state index contributed by atoms with van der Waals surface area (Å²) in [5.41, 5.74) is 3.44. The molecule has 0 aliphatic carbocycles. The van der Waals surface area contributed by atoms with Crippen LogP contribution in [0.25, 0.3) is 16.8 Å². The monoisotopic (exact) mass is 441 g/mol. The summed E-state index contributed by atoms with van der Waals surface area (Å²) in [5, 5.41) is 15.7. The van der Waals surface area contributed by atoms with Gasteiger partial charge in [0.15, 0.2) is 11.5 Å². The molecule has 33 heavy (non-hydrogen) atoms. The Balaban J connectivity index is 1.43. The lowest BCUT2D eigenvalue weighted by Gasteiger charge is -2.11. The van der Waals surface area contributed by atoms with Gasteiger partial charge >= 0.3 is 0 Å². The van der Waals surface area contributed by atoms with Crippen molar-refractivity contribution in [3.63, 3.8) is 0 Å². The van der Waals surface area contributed by atoms with E-state index in [1.807, 2.05) is 66.5 Å².